The summed E-state index contributed by atoms with van der Waals surface area (Å²) in [6.45, 7) is 12.6. The third kappa shape index (κ3) is 5.82. The number of phenolic OH excluding ortho intramolecular Hbond substituents is 2. The van der Waals surface area contributed by atoms with Gasteiger partial charge in [-0.05, 0) is 51.8 Å². The molecule has 0 radical (unpaired) electrons. The van der Waals surface area contributed by atoms with Crippen molar-refractivity contribution in [1.29, 1.82) is 0 Å². The third-order valence-electron chi connectivity index (χ3n) is 4.88. The monoisotopic (exact) mass is 378 g/mol. The first-order valence-electron chi connectivity index (χ1n) is 9.07. The van der Waals surface area contributed by atoms with E-state index in [-0.39, 0.29) is 29.5 Å². The fourth-order valence-corrected chi connectivity index (χ4v) is 2.40. The summed E-state index contributed by atoms with van der Waals surface area (Å²) in [4.78, 5) is 24.7. The molecule has 2 atom stereocenters. The van der Waals surface area contributed by atoms with Crippen molar-refractivity contribution in [2.45, 2.75) is 65.1 Å². The zero-order valence-electron chi connectivity index (χ0n) is 16.8. The molecule has 6 nitrogen and oxygen atoms in total. The lowest BCUT2D eigenvalue weighted by Gasteiger charge is -2.32. The average Bonchev–Trinajstić information content (AvgIpc) is 2.63. The van der Waals surface area contributed by atoms with Crippen LogP contribution in [0.4, 0.5) is 0 Å². The molecule has 2 N–H and O–H groups in total. The summed E-state index contributed by atoms with van der Waals surface area (Å²) in [5.41, 5.74) is -1.24. The maximum Gasteiger partial charge on any atom is 0.333 e. The Morgan fingerprint density at radius 2 is 1.74 bits per heavy atom. The lowest BCUT2D eigenvalue weighted by molar-refractivity contribution is -0.156. The minimum atomic E-state index is -1.10. The van der Waals surface area contributed by atoms with E-state index in [0.29, 0.717) is 24.8 Å². The van der Waals surface area contributed by atoms with Gasteiger partial charge < -0.3 is 19.7 Å². The van der Waals surface area contributed by atoms with Crippen molar-refractivity contribution in [3.63, 3.8) is 0 Å². The largest absolute Gasteiger partial charge is 0.504 e. The number of benzene rings is 1. The highest BCUT2D eigenvalue weighted by atomic mass is 16.6. The molecule has 0 heterocycles. The van der Waals surface area contributed by atoms with E-state index in [2.05, 4.69) is 6.58 Å². The molecule has 27 heavy (non-hydrogen) atoms. The Bertz CT molecular complexity index is 711. The molecule has 1 rings (SSSR count). The molecule has 0 aliphatic heterocycles. The lowest BCUT2D eigenvalue weighted by atomic mass is 9.91. The summed E-state index contributed by atoms with van der Waals surface area (Å²) in [5, 5.41) is 19.0. The third-order valence-corrected chi connectivity index (χ3v) is 4.88. The first kappa shape index (κ1) is 22.7. The van der Waals surface area contributed by atoms with E-state index in [4.69, 9.17) is 9.47 Å². The normalized spacial score (nSPS) is 15.4. The number of aromatic hydroxyl groups is 2. The van der Waals surface area contributed by atoms with Crippen LogP contribution >= 0.6 is 0 Å². The van der Waals surface area contributed by atoms with Crippen LogP contribution in [0.2, 0.25) is 0 Å². The SMILES string of the molecule is C=C(C)C(=O)OC(C)(CC)CCO[C@@](C)(CC)C(=O)c1ccc(O)c(O)c1. The Hall–Kier alpha value is -2.34. The van der Waals surface area contributed by atoms with Crippen LogP contribution in [-0.2, 0) is 14.3 Å². The number of Topliss-reactive ketones (excluding diaryl/α,β-unsaturated/α-hetero) is 1. The number of ketones is 1. The number of phenols is 2. The molecule has 1 aromatic carbocycles. The highest BCUT2D eigenvalue weighted by Crippen LogP contribution is 2.30. The maximum atomic E-state index is 12.8. The Morgan fingerprint density at radius 1 is 1.11 bits per heavy atom. The van der Waals surface area contributed by atoms with Gasteiger partial charge in [0.1, 0.15) is 11.2 Å². The van der Waals surface area contributed by atoms with Crippen molar-refractivity contribution in [2.24, 2.45) is 0 Å². The number of ether oxygens (including phenoxy) is 2. The van der Waals surface area contributed by atoms with E-state index in [1.54, 1.807) is 13.8 Å². The van der Waals surface area contributed by atoms with Gasteiger partial charge in [0.25, 0.3) is 0 Å². The van der Waals surface area contributed by atoms with E-state index >= 15 is 0 Å². The topological polar surface area (TPSA) is 93.1 Å². The molecule has 6 heteroatoms. The number of esters is 1. The van der Waals surface area contributed by atoms with Gasteiger partial charge in [-0.25, -0.2) is 4.79 Å². The van der Waals surface area contributed by atoms with Gasteiger partial charge in [-0.2, -0.15) is 0 Å². The van der Waals surface area contributed by atoms with Crippen molar-refractivity contribution in [3.05, 3.63) is 35.9 Å². The Morgan fingerprint density at radius 3 is 2.22 bits per heavy atom. The van der Waals surface area contributed by atoms with Crippen LogP contribution in [0.25, 0.3) is 0 Å². The molecule has 0 amide bonds. The summed E-state index contributed by atoms with van der Waals surface area (Å²) in [7, 11) is 0. The molecule has 150 valence electrons. The molecular formula is C21H30O6. The van der Waals surface area contributed by atoms with Gasteiger partial charge in [-0.1, -0.05) is 20.4 Å². The van der Waals surface area contributed by atoms with Gasteiger partial charge in [0, 0.05) is 17.6 Å². The van der Waals surface area contributed by atoms with Crippen LogP contribution < -0.4 is 0 Å². The lowest BCUT2D eigenvalue weighted by Crippen LogP contribution is -2.40. The van der Waals surface area contributed by atoms with Crippen molar-refractivity contribution in [3.8, 4) is 11.5 Å². The van der Waals surface area contributed by atoms with Gasteiger partial charge in [-0.3, -0.25) is 4.79 Å². The smallest absolute Gasteiger partial charge is 0.333 e. The molecule has 0 spiro atoms. The van der Waals surface area contributed by atoms with Crippen LogP contribution in [0, 0.1) is 0 Å². The molecular weight excluding hydrogens is 348 g/mol. The van der Waals surface area contributed by atoms with Gasteiger partial charge in [0.05, 0.1) is 6.61 Å². The summed E-state index contributed by atoms with van der Waals surface area (Å²) >= 11 is 0. The Balaban J connectivity index is 2.83. The molecule has 0 bridgehead atoms. The van der Waals surface area contributed by atoms with Crippen molar-refractivity contribution in [2.75, 3.05) is 6.61 Å². The van der Waals surface area contributed by atoms with Gasteiger partial charge in [0.2, 0.25) is 0 Å². The summed E-state index contributed by atoms with van der Waals surface area (Å²) in [5.74, 6) is -1.39. The maximum absolute atomic E-state index is 12.8. The fourth-order valence-electron chi connectivity index (χ4n) is 2.40. The molecule has 0 saturated carbocycles. The van der Waals surface area contributed by atoms with E-state index in [1.165, 1.54) is 18.2 Å². The van der Waals surface area contributed by atoms with E-state index in [0.717, 1.165) is 0 Å². The van der Waals surface area contributed by atoms with E-state index in [1.807, 2.05) is 20.8 Å². The zero-order valence-corrected chi connectivity index (χ0v) is 16.8. The second kappa shape index (κ2) is 9.04. The van der Waals surface area contributed by atoms with Crippen molar-refractivity contribution >= 4 is 11.8 Å². The summed E-state index contributed by atoms with van der Waals surface area (Å²) in [6, 6.07) is 3.93. The zero-order chi connectivity index (χ0) is 20.8. The second-order valence-corrected chi connectivity index (χ2v) is 7.19. The molecule has 0 aliphatic rings. The highest BCUT2D eigenvalue weighted by molar-refractivity contribution is 6.02. The molecule has 1 unspecified atom stereocenters. The van der Waals surface area contributed by atoms with Gasteiger partial charge in [-0.15, -0.1) is 0 Å². The number of hydrogen-bond acceptors (Lipinski definition) is 6. The number of carbonyl (C=O) groups is 2. The van der Waals surface area contributed by atoms with E-state index < -0.39 is 17.2 Å². The van der Waals surface area contributed by atoms with Crippen molar-refractivity contribution < 1.29 is 29.3 Å². The van der Waals surface area contributed by atoms with E-state index in [9.17, 15) is 19.8 Å². The molecule has 0 aliphatic carbocycles. The number of rotatable bonds is 10. The first-order valence-corrected chi connectivity index (χ1v) is 9.07. The molecule has 0 fully saturated rings. The first-order chi connectivity index (χ1) is 12.5. The predicted molar refractivity (Wildman–Crippen MR) is 103 cm³/mol. The summed E-state index contributed by atoms with van der Waals surface area (Å²) < 4.78 is 11.4. The number of hydrogen-bond donors (Lipinski definition) is 2. The molecule has 0 saturated heterocycles. The predicted octanol–water partition coefficient (Wildman–Crippen LogP) is 4.14. The van der Waals surface area contributed by atoms with Crippen LogP contribution in [0.15, 0.2) is 30.4 Å². The molecule has 1 aromatic rings. The van der Waals surface area contributed by atoms with Gasteiger partial charge >= 0.3 is 5.97 Å². The van der Waals surface area contributed by atoms with Crippen LogP contribution in [0.1, 0.15) is 64.2 Å². The molecule has 0 aromatic heterocycles. The van der Waals surface area contributed by atoms with Crippen molar-refractivity contribution in [1.82, 2.24) is 0 Å². The second-order valence-electron chi connectivity index (χ2n) is 7.19. The minimum Gasteiger partial charge on any atom is -0.504 e. The van der Waals surface area contributed by atoms with Crippen LogP contribution in [0.5, 0.6) is 11.5 Å². The highest BCUT2D eigenvalue weighted by Gasteiger charge is 2.35. The quantitative estimate of drug-likeness (QED) is 0.275. The average molecular weight is 378 g/mol. The minimum absolute atomic E-state index is 0.216. The Kier molecular flexibility index (Phi) is 7.60. The summed E-state index contributed by atoms with van der Waals surface area (Å²) in [6.07, 6.45) is 1.44. The fraction of sp³-hybridized carbons (Fsp3) is 0.524. The van der Waals surface area contributed by atoms with Crippen LogP contribution in [0.3, 0.4) is 0 Å². The van der Waals surface area contributed by atoms with Crippen LogP contribution in [-0.4, -0.2) is 39.8 Å². The standard InChI is InChI=1S/C21H30O6/c1-7-20(5,27-19(25)14(3)4)11-12-26-21(6,8-2)18(24)15-9-10-16(22)17(23)13-15/h9-10,13,22-23H,3,7-8,11-12H2,1-2,4-6H3/t20?,21-/m0/s1. The number of carbonyl (C=O) groups excluding carboxylic acids is 2. The van der Waals surface area contributed by atoms with Gasteiger partial charge in [0.15, 0.2) is 17.3 Å². The Labute approximate surface area is 160 Å².